The van der Waals surface area contributed by atoms with E-state index in [0.29, 0.717) is 0 Å². The molecule has 1 aromatic rings. The summed E-state index contributed by atoms with van der Waals surface area (Å²) < 4.78 is 0. The molecule has 0 saturated carbocycles. The summed E-state index contributed by atoms with van der Waals surface area (Å²) in [5, 5.41) is 16.9. The van der Waals surface area contributed by atoms with E-state index >= 15 is 0 Å². The maximum Gasteiger partial charge on any atom is 0.357 e. The molecule has 0 fully saturated rings. The van der Waals surface area contributed by atoms with Gasteiger partial charge in [0.1, 0.15) is 0 Å². The molecule has 0 aliphatic heterocycles. The normalized spacial score (nSPS) is 15.8. The van der Waals surface area contributed by atoms with Gasteiger partial charge in [0.05, 0.1) is 4.88 Å². The monoisotopic (exact) mass is 192 g/mol. The Morgan fingerprint density at radius 1 is 1.73 bits per heavy atom. The molecule has 60 valence electrons. The van der Waals surface area contributed by atoms with Crippen LogP contribution in [0.5, 0.6) is 0 Å². The van der Waals surface area contributed by atoms with Crippen molar-refractivity contribution in [3.63, 3.8) is 0 Å². The summed E-state index contributed by atoms with van der Waals surface area (Å²) in [6.07, 6.45) is 0. The summed E-state index contributed by atoms with van der Waals surface area (Å²) in [6.45, 7) is 0. The van der Waals surface area contributed by atoms with Gasteiger partial charge in [0.25, 0.3) is 5.06 Å². The van der Waals surface area contributed by atoms with Crippen LogP contribution in [0.2, 0.25) is 0 Å². The Morgan fingerprint density at radius 2 is 2.36 bits per heavy atom. The molecule has 0 unspecified atom stereocenters. The summed E-state index contributed by atoms with van der Waals surface area (Å²) in [5.41, 5.74) is 0. The minimum absolute atomic E-state index is 0.215. The molecule has 1 rings (SSSR count). The molecule has 1 atom stereocenters. The van der Waals surface area contributed by atoms with Gasteiger partial charge in [-0.2, -0.15) is 0 Å². The molecular formula is C6H5ClO3S. The number of carboxylic acid groups (broad SMARTS) is 1. The highest BCUT2D eigenvalue weighted by atomic mass is 35.5. The lowest BCUT2D eigenvalue weighted by molar-refractivity contribution is -0.150. The fraction of sp³-hybridized carbons (Fsp3) is 0.167. The number of thiophene rings is 1. The van der Waals surface area contributed by atoms with Gasteiger partial charge in [-0.25, -0.2) is 4.79 Å². The molecule has 0 aliphatic rings. The van der Waals surface area contributed by atoms with Gasteiger partial charge >= 0.3 is 5.97 Å². The van der Waals surface area contributed by atoms with Crippen LogP contribution in [-0.2, 0) is 9.85 Å². The van der Waals surface area contributed by atoms with Crippen molar-refractivity contribution in [3.05, 3.63) is 22.4 Å². The first-order valence-electron chi connectivity index (χ1n) is 2.74. The first-order chi connectivity index (χ1) is 5.05. The zero-order chi connectivity index (χ0) is 8.48. The predicted octanol–water partition coefficient (Wildman–Crippen LogP) is 1.22. The van der Waals surface area contributed by atoms with Crippen molar-refractivity contribution in [3.8, 4) is 0 Å². The highest BCUT2D eigenvalue weighted by molar-refractivity contribution is 7.10. The fourth-order valence-corrected chi connectivity index (χ4v) is 1.47. The standard InChI is InChI=1S/C6H5ClO3S/c7-6(10,5(8)9)4-2-1-3-11-4/h1-3,10H,(H,8,9)/t6-/m1/s1. The first kappa shape index (κ1) is 8.52. The fourth-order valence-electron chi connectivity index (χ4n) is 0.572. The maximum absolute atomic E-state index is 10.3. The number of carbonyl (C=O) groups is 1. The molecule has 1 aromatic heterocycles. The molecule has 0 spiro atoms. The number of hydrogen-bond acceptors (Lipinski definition) is 3. The second kappa shape index (κ2) is 2.81. The Labute approximate surface area is 71.9 Å². The van der Waals surface area contributed by atoms with E-state index in [1.54, 1.807) is 11.4 Å². The van der Waals surface area contributed by atoms with Gasteiger partial charge in [-0.1, -0.05) is 17.7 Å². The Hall–Kier alpha value is -0.580. The van der Waals surface area contributed by atoms with Gasteiger partial charge in [0, 0.05) is 0 Å². The zero-order valence-electron chi connectivity index (χ0n) is 5.32. The van der Waals surface area contributed by atoms with Crippen molar-refractivity contribution in [2.75, 3.05) is 0 Å². The van der Waals surface area contributed by atoms with Crippen LogP contribution >= 0.6 is 22.9 Å². The van der Waals surface area contributed by atoms with Crippen LogP contribution in [0, 0.1) is 0 Å². The van der Waals surface area contributed by atoms with Crippen LogP contribution in [0.25, 0.3) is 0 Å². The lowest BCUT2D eigenvalue weighted by Crippen LogP contribution is -2.27. The van der Waals surface area contributed by atoms with Gasteiger partial charge in [-0.3, -0.25) is 0 Å². The SMILES string of the molecule is O=C(O)[C@@](O)(Cl)c1cccs1. The van der Waals surface area contributed by atoms with Gasteiger partial charge in [0.2, 0.25) is 0 Å². The quantitative estimate of drug-likeness (QED) is 0.693. The van der Waals surface area contributed by atoms with Crippen LogP contribution in [0.1, 0.15) is 4.88 Å². The van der Waals surface area contributed by atoms with E-state index in [4.69, 9.17) is 21.8 Å². The van der Waals surface area contributed by atoms with Crippen molar-refractivity contribution in [1.82, 2.24) is 0 Å². The van der Waals surface area contributed by atoms with Crippen molar-refractivity contribution < 1.29 is 15.0 Å². The second-order valence-corrected chi connectivity index (χ2v) is 3.40. The third-order valence-corrected chi connectivity index (χ3v) is 2.59. The minimum atomic E-state index is -2.27. The zero-order valence-corrected chi connectivity index (χ0v) is 6.89. The molecule has 0 bridgehead atoms. The van der Waals surface area contributed by atoms with Crippen LogP contribution < -0.4 is 0 Å². The molecule has 11 heavy (non-hydrogen) atoms. The van der Waals surface area contributed by atoms with Crippen LogP contribution in [0.4, 0.5) is 0 Å². The van der Waals surface area contributed by atoms with E-state index in [0.717, 1.165) is 11.3 Å². The molecule has 1 heterocycles. The van der Waals surface area contributed by atoms with E-state index in [-0.39, 0.29) is 4.88 Å². The summed E-state index contributed by atoms with van der Waals surface area (Å²) >= 11 is 6.40. The van der Waals surface area contributed by atoms with Gasteiger partial charge < -0.3 is 10.2 Å². The van der Waals surface area contributed by atoms with Gasteiger partial charge in [-0.15, -0.1) is 11.3 Å². The number of halogens is 1. The Morgan fingerprint density at radius 3 is 2.73 bits per heavy atom. The number of hydrogen-bond donors (Lipinski definition) is 2. The molecule has 0 radical (unpaired) electrons. The summed E-state index contributed by atoms with van der Waals surface area (Å²) in [6, 6.07) is 3.09. The molecule has 0 saturated heterocycles. The second-order valence-electron chi connectivity index (χ2n) is 1.90. The number of aliphatic hydroxyl groups is 1. The number of aliphatic carboxylic acids is 1. The average Bonchev–Trinajstić information content (AvgIpc) is 2.37. The lowest BCUT2D eigenvalue weighted by atomic mass is 10.3. The van der Waals surface area contributed by atoms with E-state index in [1.165, 1.54) is 6.07 Å². The summed E-state index contributed by atoms with van der Waals surface area (Å²) in [4.78, 5) is 10.6. The number of carboxylic acids is 1. The van der Waals surface area contributed by atoms with E-state index in [1.807, 2.05) is 0 Å². The molecule has 0 aromatic carbocycles. The van der Waals surface area contributed by atoms with E-state index in [2.05, 4.69) is 0 Å². The number of alkyl halides is 1. The molecule has 3 nitrogen and oxygen atoms in total. The van der Waals surface area contributed by atoms with E-state index < -0.39 is 11.0 Å². The highest BCUT2D eigenvalue weighted by Gasteiger charge is 2.36. The highest BCUT2D eigenvalue weighted by Crippen LogP contribution is 2.29. The Bertz CT molecular complexity index is 255. The van der Waals surface area contributed by atoms with Crippen molar-refractivity contribution in [1.29, 1.82) is 0 Å². The van der Waals surface area contributed by atoms with Crippen LogP contribution in [0.15, 0.2) is 17.5 Å². The summed E-state index contributed by atoms with van der Waals surface area (Å²) in [7, 11) is 0. The smallest absolute Gasteiger partial charge is 0.357 e. The largest absolute Gasteiger partial charge is 0.478 e. The lowest BCUT2D eigenvalue weighted by Gasteiger charge is -2.11. The van der Waals surface area contributed by atoms with Gasteiger partial charge in [-0.05, 0) is 11.4 Å². The molecule has 2 N–H and O–H groups in total. The third kappa shape index (κ3) is 1.53. The Balaban J connectivity index is 3.00. The van der Waals surface area contributed by atoms with Gasteiger partial charge in [0.15, 0.2) is 0 Å². The molecule has 0 aliphatic carbocycles. The van der Waals surface area contributed by atoms with Crippen LogP contribution in [-0.4, -0.2) is 16.2 Å². The first-order valence-corrected chi connectivity index (χ1v) is 3.99. The van der Waals surface area contributed by atoms with Crippen molar-refractivity contribution >= 4 is 28.9 Å². The Kier molecular flexibility index (Phi) is 2.17. The van der Waals surface area contributed by atoms with E-state index in [9.17, 15) is 4.79 Å². The maximum atomic E-state index is 10.3. The topological polar surface area (TPSA) is 57.5 Å². The van der Waals surface area contributed by atoms with Crippen LogP contribution in [0.3, 0.4) is 0 Å². The molecular weight excluding hydrogens is 188 g/mol. The molecule has 5 heteroatoms. The third-order valence-electron chi connectivity index (χ3n) is 1.13. The predicted molar refractivity (Wildman–Crippen MR) is 41.7 cm³/mol. The van der Waals surface area contributed by atoms with Crippen molar-refractivity contribution in [2.45, 2.75) is 5.06 Å². The number of rotatable bonds is 2. The summed E-state index contributed by atoms with van der Waals surface area (Å²) in [5.74, 6) is -1.46. The van der Waals surface area contributed by atoms with Crippen molar-refractivity contribution in [2.24, 2.45) is 0 Å². The molecule has 0 amide bonds. The average molecular weight is 193 g/mol. The minimum Gasteiger partial charge on any atom is -0.478 e.